The largest absolute Gasteiger partial charge is 0.351 e. The lowest BCUT2D eigenvalue weighted by atomic mass is 9.91. The zero-order valence-electron chi connectivity index (χ0n) is 24.2. The monoisotopic (exact) mass is 631 g/mol. The number of benzene rings is 1. The van der Waals surface area contributed by atoms with Gasteiger partial charge in [0.25, 0.3) is 11.5 Å². The first kappa shape index (κ1) is 33.5. The normalized spacial score (nSPS) is 17.9. The molecule has 0 aliphatic heterocycles. The Kier molecular flexibility index (Phi) is 10.5. The minimum absolute atomic E-state index is 0. The fourth-order valence-corrected chi connectivity index (χ4v) is 6.32. The third-order valence-corrected chi connectivity index (χ3v) is 8.67. The second kappa shape index (κ2) is 13.1. The smallest absolute Gasteiger partial charge is 0.278 e. The number of hydrogen-bond donors (Lipinski definition) is 2. The molecule has 1 saturated carbocycles. The molecule has 232 valence electrons. The van der Waals surface area contributed by atoms with Gasteiger partial charge in [-0.25, -0.2) is 31.6 Å². The molecule has 15 heteroatoms. The molecule has 3 aromatic rings. The quantitative estimate of drug-likeness (QED) is 0.318. The molecule has 0 spiro atoms. The minimum atomic E-state index is -4.53. The number of halogens is 4. The molecule has 2 N–H and O–H groups in total. The molecule has 0 atom stereocenters. The van der Waals surface area contributed by atoms with Crippen LogP contribution >= 0.6 is 12.4 Å². The number of anilines is 2. The Morgan fingerprint density at radius 2 is 1.81 bits per heavy atom. The van der Waals surface area contributed by atoms with Crippen LogP contribution in [0.3, 0.4) is 0 Å². The zero-order chi connectivity index (χ0) is 30.1. The molecule has 2 heterocycles. The summed E-state index contributed by atoms with van der Waals surface area (Å²) in [6.07, 6.45) is 4.88. The summed E-state index contributed by atoms with van der Waals surface area (Å²) in [5.41, 5.74) is -0.367. The Bertz CT molecular complexity index is 1580. The van der Waals surface area contributed by atoms with Gasteiger partial charge in [-0.3, -0.25) is 14.1 Å². The number of nitrogens with one attached hydrogen (secondary N) is 2. The van der Waals surface area contributed by atoms with Crippen molar-refractivity contribution in [3.05, 3.63) is 40.6 Å². The second-order valence-electron chi connectivity index (χ2n) is 11.0. The molecule has 42 heavy (non-hydrogen) atoms. The first-order chi connectivity index (χ1) is 19.2. The summed E-state index contributed by atoms with van der Waals surface area (Å²) in [5, 5.41) is 3.38. The number of rotatable bonds is 10. The van der Waals surface area contributed by atoms with Gasteiger partial charge in [0, 0.05) is 30.1 Å². The molecule has 10 nitrogen and oxygen atoms in total. The molecule has 4 rings (SSSR count). The van der Waals surface area contributed by atoms with Crippen molar-refractivity contribution < 1.29 is 21.6 Å². The maximum atomic E-state index is 14.9. The molecule has 2 aromatic heterocycles. The molecule has 1 aliphatic carbocycles. The van der Waals surface area contributed by atoms with E-state index in [4.69, 9.17) is 0 Å². The van der Waals surface area contributed by atoms with E-state index in [1.54, 1.807) is 0 Å². The highest BCUT2D eigenvalue weighted by atomic mass is 35.5. The summed E-state index contributed by atoms with van der Waals surface area (Å²) in [6.45, 7) is 4.78. The number of fused-ring (bicyclic) bond motifs is 1. The average molecular weight is 632 g/mol. The van der Waals surface area contributed by atoms with E-state index in [1.807, 2.05) is 18.6 Å². The topological polar surface area (TPSA) is 122 Å². The van der Waals surface area contributed by atoms with Crippen molar-refractivity contribution in [1.82, 2.24) is 24.4 Å². The van der Waals surface area contributed by atoms with Crippen LogP contribution in [0.1, 0.15) is 58.9 Å². The number of sulfonamides is 1. The molecule has 1 aromatic carbocycles. The van der Waals surface area contributed by atoms with Gasteiger partial charge in [-0.1, -0.05) is 13.0 Å². The summed E-state index contributed by atoms with van der Waals surface area (Å²) < 4.78 is 69.8. The summed E-state index contributed by atoms with van der Waals surface area (Å²) in [4.78, 5) is 29.2. The predicted octanol–water partition coefficient (Wildman–Crippen LogP) is 5.07. The van der Waals surface area contributed by atoms with Crippen LogP contribution in [0.5, 0.6) is 0 Å². The Morgan fingerprint density at radius 1 is 1.14 bits per heavy atom. The molecule has 0 amide bonds. The maximum absolute atomic E-state index is 14.9. The van der Waals surface area contributed by atoms with E-state index in [2.05, 4.69) is 39.3 Å². The van der Waals surface area contributed by atoms with E-state index >= 15 is 0 Å². The third kappa shape index (κ3) is 7.70. The highest BCUT2D eigenvalue weighted by Crippen LogP contribution is 2.27. The van der Waals surface area contributed by atoms with Crippen molar-refractivity contribution in [2.24, 2.45) is 0 Å². The van der Waals surface area contributed by atoms with Crippen molar-refractivity contribution in [3.63, 3.8) is 0 Å². The van der Waals surface area contributed by atoms with E-state index < -0.39 is 45.2 Å². The fourth-order valence-electron chi connectivity index (χ4n) is 4.99. The van der Waals surface area contributed by atoms with Gasteiger partial charge in [0.1, 0.15) is 22.8 Å². The van der Waals surface area contributed by atoms with E-state index in [0.29, 0.717) is 23.2 Å². The van der Waals surface area contributed by atoms with Gasteiger partial charge in [-0.2, -0.15) is 4.98 Å². The van der Waals surface area contributed by atoms with Crippen LogP contribution in [-0.2, 0) is 10.0 Å². The fraction of sp³-hybridized carbons (Fsp3) is 0.556. The lowest BCUT2D eigenvalue weighted by Crippen LogP contribution is -2.36. The summed E-state index contributed by atoms with van der Waals surface area (Å²) in [7, 11) is -0.361. The molecular formula is C27H37ClF3N7O3S. The van der Waals surface area contributed by atoms with Gasteiger partial charge in [-0.15, -0.1) is 12.4 Å². The minimum Gasteiger partial charge on any atom is -0.351 e. The van der Waals surface area contributed by atoms with Gasteiger partial charge in [-0.05, 0) is 65.8 Å². The molecule has 0 saturated heterocycles. The van der Waals surface area contributed by atoms with Crippen LogP contribution in [0.15, 0.2) is 29.2 Å². The first-order valence-electron chi connectivity index (χ1n) is 13.6. The van der Waals surface area contributed by atoms with Crippen molar-refractivity contribution in [2.45, 2.75) is 76.9 Å². The van der Waals surface area contributed by atoms with Crippen molar-refractivity contribution in [2.75, 3.05) is 29.9 Å². The molecule has 0 bridgehead atoms. The van der Waals surface area contributed by atoms with Crippen molar-refractivity contribution >= 4 is 45.2 Å². The molecule has 0 unspecified atom stereocenters. The number of alkyl halides is 2. The van der Waals surface area contributed by atoms with Crippen molar-refractivity contribution in [1.29, 1.82) is 0 Å². The van der Waals surface area contributed by atoms with Gasteiger partial charge in [0.2, 0.25) is 16.0 Å². The average Bonchev–Trinajstić information content (AvgIpc) is 2.89. The Labute approximate surface area is 249 Å². The predicted molar refractivity (Wildman–Crippen MR) is 161 cm³/mol. The molecule has 0 radical (unpaired) electrons. The van der Waals surface area contributed by atoms with Crippen LogP contribution in [-0.4, -0.2) is 70.7 Å². The second-order valence-corrected chi connectivity index (χ2v) is 12.7. The number of nitrogens with zero attached hydrogens (tertiary/aromatic N) is 5. The molecule has 1 aliphatic rings. The van der Waals surface area contributed by atoms with Gasteiger partial charge in [0.15, 0.2) is 5.65 Å². The van der Waals surface area contributed by atoms with Crippen LogP contribution in [0, 0.1) is 5.82 Å². The number of hydrogen-bond acceptors (Lipinski definition) is 8. The van der Waals surface area contributed by atoms with Gasteiger partial charge in [0.05, 0.1) is 11.9 Å². The van der Waals surface area contributed by atoms with E-state index in [-0.39, 0.29) is 35.7 Å². The van der Waals surface area contributed by atoms with Gasteiger partial charge >= 0.3 is 0 Å². The summed E-state index contributed by atoms with van der Waals surface area (Å²) >= 11 is 0. The van der Waals surface area contributed by atoms with Crippen LogP contribution in [0.4, 0.5) is 24.8 Å². The zero-order valence-corrected chi connectivity index (χ0v) is 25.8. The maximum Gasteiger partial charge on any atom is 0.278 e. The molecular weight excluding hydrogens is 595 g/mol. The van der Waals surface area contributed by atoms with Crippen molar-refractivity contribution in [3.8, 4) is 11.3 Å². The first-order valence-corrected chi connectivity index (χ1v) is 15.3. The Balaban J connectivity index is 0.00000484. The molecule has 1 fully saturated rings. The number of aromatic nitrogens is 4. The highest BCUT2D eigenvalue weighted by molar-refractivity contribution is 7.92. The van der Waals surface area contributed by atoms with Crippen LogP contribution < -0.4 is 15.6 Å². The summed E-state index contributed by atoms with van der Waals surface area (Å²) in [5.74, 6) is -5.58. The van der Waals surface area contributed by atoms with Crippen LogP contribution in [0.25, 0.3) is 22.4 Å². The van der Waals surface area contributed by atoms with E-state index in [9.17, 15) is 26.4 Å². The lowest BCUT2D eigenvalue weighted by molar-refractivity contribution is 0.0219. The highest BCUT2D eigenvalue weighted by Gasteiger charge is 2.34. The van der Waals surface area contributed by atoms with Crippen LogP contribution in [0.2, 0.25) is 0 Å². The van der Waals surface area contributed by atoms with Gasteiger partial charge < -0.3 is 10.2 Å². The van der Waals surface area contributed by atoms with E-state index in [0.717, 1.165) is 44.7 Å². The Morgan fingerprint density at radius 3 is 2.38 bits per heavy atom. The van der Waals surface area contributed by atoms with E-state index in [1.165, 1.54) is 16.8 Å². The third-order valence-electron chi connectivity index (χ3n) is 7.33. The SMILES string of the molecule is CCC(F)(F)CS(=O)(=O)Nc1ccc(-c2nc3cnc(NC4CCC(N(C)C)CC4)nc3n(C(C)C)c2=O)cc1F.Cl. The Hall–Kier alpha value is -2.97. The summed E-state index contributed by atoms with van der Waals surface area (Å²) in [6, 6.07) is 3.76. The lowest BCUT2D eigenvalue weighted by Gasteiger charge is -2.32. The standard InChI is InChI=1S/C27H36F3N7O3S.ClH/c1-6-27(29,30)15-41(39,40)35-21-12-7-17(13-20(21)28)23-25(38)37(16(2)3)24-22(33-23)14-31-26(34-24)32-18-8-10-19(11-9-18)36(4)5;/h7,12-14,16,18-19,35H,6,8-11,15H2,1-5H3,(H,31,32,34);1H.